The third kappa shape index (κ3) is 3.67. The Labute approximate surface area is 164 Å². The van der Waals surface area contributed by atoms with Gasteiger partial charge >= 0.3 is 7.05 Å². The summed E-state index contributed by atoms with van der Waals surface area (Å²) in [5, 5.41) is 9.67. The van der Waals surface area contributed by atoms with E-state index in [1.165, 1.54) is 18.2 Å². The first-order valence-corrected chi connectivity index (χ1v) is 10.1. The lowest BCUT2D eigenvalue weighted by Crippen LogP contribution is -2.54. The Hall–Kier alpha value is -1.93. The number of ketones is 1. The van der Waals surface area contributed by atoms with Gasteiger partial charge in [0.05, 0.1) is 12.0 Å². The summed E-state index contributed by atoms with van der Waals surface area (Å²) < 4.78 is 19.6. The molecule has 150 valence electrons. The van der Waals surface area contributed by atoms with Crippen molar-refractivity contribution in [3.05, 3.63) is 29.6 Å². The summed E-state index contributed by atoms with van der Waals surface area (Å²) in [5.41, 5.74) is -0.275. The first-order chi connectivity index (χ1) is 13.4. The van der Waals surface area contributed by atoms with Gasteiger partial charge in [-0.05, 0) is 51.0 Å². The Bertz CT molecular complexity index is 771. The lowest BCUT2D eigenvalue weighted by Gasteiger charge is -2.45. The van der Waals surface area contributed by atoms with Crippen molar-refractivity contribution in [3.63, 3.8) is 0 Å². The van der Waals surface area contributed by atoms with Gasteiger partial charge in [-0.2, -0.15) is 0 Å². The van der Waals surface area contributed by atoms with Crippen molar-refractivity contribution in [2.75, 3.05) is 26.2 Å². The number of likely N-dealkylation sites (tertiary alicyclic amines) is 1. The number of Topliss-reactive ketones (excluding diaryl/α,β-unsaturated/α-hetero) is 1. The highest BCUT2D eigenvalue weighted by atomic mass is 19.1. The van der Waals surface area contributed by atoms with Crippen molar-refractivity contribution < 1.29 is 23.7 Å². The molecule has 1 spiro atoms. The normalized spacial score (nSPS) is 22.7. The fraction of sp³-hybridized carbons (Fsp3) is 0.600. The Kier molecular flexibility index (Phi) is 5.18. The molecule has 1 N–H and O–H groups in total. The first-order valence-electron chi connectivity index (χ1n) is 10.1. The Morgan fingerprint density at radius 3 is 2.57 bits per heavy atom. The molecule has 0 radical (unpaired) electrons. The van der Waals surface area contributed by atoms with E-state index in [0.29, 0.717) is 37.2 Å². The van der Waals surface area contributed by atoms with E-state index in [9.17, 15) is 19.0 Å². The van der Waals surface area contributed by atoms with Crippen LogP contribution in [0.25, 0.3) is 0 Å². The van der Waals surface area contributed by atoms with Crippen molar-refractivity contribution in [3.8, 4) is 5.75 Å². The first kappa shape index (κ1) is 19.4. The van der Waals surface area contributed by atoms with Gasteiger partial charge in [0, 0.05) is 31.8 Å². The van der Waals surface area contributed by atoms with Crippen LogP contribution in [0.15, 0.2) is 18.2 Å². The van der Waals surface area contributed by atoms with E-state index in [1.54, 1.807) is 6.82 Å². The Morgan fingerprint density at radius 1 is 1.25 bits per heavy atom. The van der Waals surface area contributed by atoms with Gasteiger partial charge in [-0.15, -0.1) is 0 Å². The predicted molar refractivity (Wildman–Crippen MR) is 103 cm³/mol. The minimum Gasteiger partial charge on any atom is -0.486 e. The van der Waals surface area contributed by atoms with E-state index in [0.717, 1.165) is 25.9 Å². The topological polar surface area (TPSA) is 70.1 Å². The molecule has 0 aromatic heterocycles. The maximum atomic E-state index is 13.4. The highest BCUT2D eigenvalue weighted by Gasteiger charge is 2.44. The van der Waals surface area contributed by atoms with Crippen molar-refractivity contribution >= 4 is 18.7 Å². The van der Waals surface area contributed by atoms with Gasteiger partial charge < -0.3 is 19.5 Å². The van der Waals surface area contributed by atoms with Crippen molar-refractivity contribution in [1.82, 2.24) is 9.71 Å². The number of rotatable bonds is 2. The molecule has 0 saturated carbocycles. The van der Waals surface area contributed by atoms with Crippen LogP contribution in [0, 0.1) is 11.7 Å². The zero-order valence-electron chi connectivity index (χ0n) is 16.2. The summed E-state index contributed by atoms with van der Waals surface area (Å²) >= 11 is 0. The van der Waals surface area contributed by atoms with E-state index >= 15 is 0 Å². The maximum Gasteiger partial charge on any atom is 0.376 e. The number of fused-ring (bicyclic) bond motifs is 1. The van der Waals surface area contributed by atoms with Crippen LogP contribution in [-0.2, 0) is 4.79 Å². The minimum absolute atomic E-state index is 0.00153. The third-order valence-corrected chi connectivity index (χ3v) is 6.44. The number of ether oxygens (including phenoxy) is 1. The van der Waals surface area contributed by atoms with Crippen LogP contribution in [0.5, 0.6) is 5.75 Å². The van der Waals surface area contributed by atoms with Gasteiger partial charge in [0.25, 0.3) is 0 Å². The number of amides is 1. The minimum atomic E-state index is -0.589. The monoisotopic (exact) mass is 388 g/mol. The molecule has 2 fully saturated rings. The van der Waals surface area contributed by atoms with Gasteiger partial charge in [0.15, 0.2) is 5.78 Å². The molecule has 0 atom stereocenters. The maximum absolute atomic E-state index is 13.4. The lowest BCUT2D eigenvalue weighted by atomic mass is 9.80. The van der Waals surface area contributed by atoms with Gasteiger partial charge in [-0.25, -0.2) is 4.39 Å². The van der Waals surface area contributed by atoms with Gasteiger partial charge in [-0.3, -0.25) is 9.59 Å². The van der Waals surface area contributed by atoms with Crippen LogP contribution in [-0.4, -0.2) is 65.3 Å². The zero-order valence-corrected chi connectivity index (χ0v) is 16.2. The molecule has 0 bridgehead atoms. The molecular formula is C20H26BFN2O4. The van der Waals surface area contributed by atoms with Crippen molar-refractivity contribution in [1.29, 1.82) is 0 Å². The fourth-order valence-electron chi connectivity index (χ4n) is 4.66. The number of hydrogen-bond donors (Lipinski definition) is 1. The van der Waals surface area contributed by atoms with Crippen molar-refractivity contribution in [2.45, 2.75) is 44.5 Å². The molecular weight excluding hydrogens is 362 g/mol. The van der Waals surface area contributed by atoms with E-state index in [4.69, 9.17) is 4.74 Å². The largest absolute Gasteiger partial charge is 0.486 e. The Morgan fingerprint density at radius 2 is 1.93 bits per heavy atom. The molecule has 3 aliphatic rings. The van der Waals surface area contributed by atoms with E-state index in [-0.39, 0.29) is 24.0 Å². The number of piperidine rings is 2. The molecule has 28 heavy (non-hydrogen) atoms. The number of nitrogens with zero attached hydrogens (tertiary/aromatic N) is 2. The highest BCUT2D eigenvalue weighted by Crippen LogP contribution is 2.40. The molecule has 4 rings (SSSR count). The van der Waals surface area contributed by atoms with Crippen LogP contribution < -0.4 is 4.74 Å². The quantitative estimate of drug-likeness (QED) is 0.785. The molecule has 6 nitrogen and oxygen atoms in total. The number of benzene rings is 1. The third-order valence-electron chi connectivity index (χ3n) is 6.44. The van der Waals surface area contributed by atoms with Crippen LogP contribution in [0.1, 0.15) is 42.5 Å². The van der Waals surface area contributed by atoms with Gasteiger partial charge in [0.2, 0.25) is 5.91 Å². The molecule has 2 saturated heterocycles. The summed E-state index contributed by atoms with van der Waals surface area (Å²) in [6.45, 7) is 4.36. The molecule has 0 unspecified atom stereocenters. The van der Waals surface area contributed by atoms with Gasteiger partial charge in [0.1, 0.15) is 17.2 Å². The second-order valence-electron chi connectivity index (χ2n) is 8.29. The van der Waals surface area contributed by atoms with E-state index in [2.05, 4.69) is 0 Å². The van der Waals surface area contributed by atoms with E-state index in [1.807, 2.05) is 9.71 Å². The molecule has 3 heterocycles. The average Bonchev–Trinajstić information content (AvgIpc) is 2.69. The molecule has 1 amide bonds. The number of halogens is 1. The van der Waals surface area contributed by atoms with E-state index < -0.39 is 18.5 Å². The van der Waals surface area contributed by atoms with Crippen LogP contribution in [0.4, 0.5) is 4.39 Å². The molecule has 1 aromatic carbocycles. The van der Waals surface area contributed by atoms with Crippen LogP contribution in [0.2, 0.25) is 6.82 Å². The SMILES string of the molecule is CB(O)N1CCC(C(=O)N2CCC3(CC2)CC(=O)c2cc(F)ccc2O3)CC1. The summed E-state index contributed by atoms with van der Waals surface area (Å²) in [5.74, 6) is 0.0917. The number of carbonyl (C=O) groups excluding carboxylic acids is 2. The summed E-state index contributed by atoms with van der Waals surface area (Å²) in [6.07, 6.45) is 2.97. The lowest BCUT2D eigenvalue weighted by molar-refractivity contribution is -0.140. The Balaban J connectivity index is 1.37. The molecule has 0 aliphatic carbocycles. The standard InChI is InChI=1S/C20H26BFN2O4/c1-21(27)24-8-4-14(5-9-24)19(26)23-10-6-20(7-11-23)13-17(25)16-12-15(22)2-3-18(16)28-20/h2-3,12,14,27H,4-11,13H2,1H3. The molecule has 1 aromatic rings. The number of carbonyl (C=O) groups is 2. The second kappa shape index (κ2) is 7.48. The molecule has 8 heteroatoms. The average molecular weight is 388 g/mol. The fourth-order valence-corrected chi connectivity index (χ4v) is 4.66. The molecule has 3 aliphatic heterocycles. The van der Waals surface area contributed by atoms with Crippen molar-refractivity contribution in [2.24, 2.45) is 5.92 Å². The zero-order chi connectivity index (χ0) is 19.9. The van der Waals surface area contributed by atoms with Gasteiger partial charge in [-0.1, -0.05) is 0 Å². The summed E-state index contributed by atoms with van der Waals surface area (Å²) in [6, 6.07) is 4.07. The predicted octanol–water partition coefficient (Wildman–Crippen LogP) is 1.97. The van der Waals surface area contributed by atoms with Crippen LogP contribution >= 0.6 is 0 Å². The summed E-state index contributed by atoms with van der Waals surface area (Å²) in [4.78, 5) is 29.3. The smallest absolute Gasteiger partial charge is 0.376 e. The number of hydrogen-bond acceptors (Lipinski definition) is 5. The second-order valence-corrected chi connectivity index (χ2v) is 8.29. The summed E-state index contributed by atoms with van der Waals surface area (Å²) in [7, 11) is -0.469. The highest BCUT2D eigenvalue weighted by molar-refractivity contribution is 6.45. The van der Waals surface area contributed by atoms with Crippen LogP contribution in [0.3, 0.4) is 0 Å².